The van der Waals surface area contributed by atoms with Crippen LogP contribution in [0.4, 0.5) is 0 Å². The van der Waals surface area contributed by atoms with E-state index in [1.165, 1.54) is 70.6 Å². The molecule has 0 saturated carbocycles. The fourth-order valence-electron chi connectivity index (χ4n) is 4.10. The molecular weight excluding hydrogens is 540 g/mol. The van der Waals surface area contributed by atoms with Gasteiger partial charge in [-0.1, -0.05) is 90.9 Å². The van der Waals surface area contributed by atoms with Crippen molar-refractivity contribution in [1.29, 1.82) is 0 Å². The predicted molar refractivity (Wildman–Crippen MR) is 167 cm³/mol. The summed E-state index contributed by atoms with van der Waals surface area (Å²) in [5, 5.41) is 0. The molecule has 0 N–H and O–H groups in total. The average molecular weight is 607 g/mol. The second-order valence-corrected chi connectivity index (χ2v) is 10.5. The number of hydrogen-bond donors (Lipinski definition) is 0. The van der Waals surface area contributed by atoms with Crippen LogP contribution in [0.3, 0.4) is 0 Å². The Bertz CT molecular complexity index is 508. The zero-order chi connectivity index (χ0) is 30.4. The number of carbonyl (C=O) groups excluding carboxylic acids is 1. The van der Waals surface area contributed by atoms with Gasteiger partial charge in [0.25, 0.3) is 0 Å². The number of ether oxygens (including phenoxy) is 8. The fourth-order valence-corrected chi connectivity index (χ4v) is 4.10. The number of unbranched alkanes of at least 4 members (excludes halogenated alkanes) is 12. The highest BCUT2D eigenvalue weighted by Gasteiger charge is 2.03. The van der Waals surface area contributed by atoms with Crippen LogP contribution in [0.1, 0.15) is 110 Å². The fraction of sp³-hybridized carbons (Fsp3) is 0.970. The third-order valence-electron chi connectivity index (χ3n) is 6.60. The van der Waals surface area contributed by atoms with Gasteiger partial charge >= 0.3 is 5.97 Å². The molecule has 0 saturated heterocycles. The molecule has 0 fully saturated rings. The summed E-state index contributed by atoms with van der Waals surface area (Å²) in [6.07, 6.45) is 18.0. The molecule has 0 unspecified atom stereocenters. The van der Waals surface area contributed by atoms with Crippen molar-refractivity contribution in [2.75, 3.05) is 99.1 Å². The van der Waals surface area contributed by atoms with E-state index in [9.17, 15) is 4.79 Å². The highest BCUT2D eigenvalue weighted by Crippen LogP contribution is 2.10. The summed E-state index contributed by atoms with van der Waals surface area (Å²) in [6.45, 7) is 12.5. The van der Waals surface area contributed by atoms with Gasteiger partial charge in [0.15, 0.2) is 0 Å². The first-order valence-electron chi connectivity index (χ1n) is 17.0. The van der Waals surface area contributed by atoms with E-state index in [4.69, 9.17) is 37.9 Å². The van der Waals surface area contributed by atoms with Gasteiger partial charge in [-0.15, -0.1) is 0 Å². The van der Waals surface area contributed by atoms with Crippen molar-refractivity contribution in [2.45, 2.75) is 110 Å². The van der Waals surface area contributed by atoms with Gasteiger partial charge < -0.3 is 37.9 Å². The maximum atomic E-state index is 11.8. The number of rotatable bonds is 37. The SMILES string of the molecule is CCCCCCCCCCCC(=O)OCCOCCOCCOCCOCCOCCOCCOCCCCCCC. The summed E-state index contributed by atoms with van der Waals surface area (Å²) in [6, 6.07) is 0. The molecule has 252 valence electrons. The van der Waals surface area contributed by atoms with Crippen molar-refractivity contribution in [2.24, 2.45) is 0 Å². The van der Waals surface area contributed by atoms with Gasteiger partial charge in [-0.05, 0) is 12.8 Å². The van der Waals surface area contributed by atoms with Crippen molar-refractivity contribution in [3.05, 3.63) is 0 Å². The quantitative estimate of drug-likeness (QED) is 0.0578. The monoisotopic (exact) mass is 606 g/mol. The Morgan fingerprint density at radius 1 is 0.333 bits per heavy atom. The largest absolute Gasteiger partial charge is 0.463 e. The third kappa shape index (κ3) is 37.2. The molecule has 0 radical (unpaired) electrons. The summed E-state index contributed by atoms with van der Waals surface area (Å²) in [4.78, 5) is 11.8. The standard InChI is InChI=1S/C33H66O9/c1-3-5-7-9-10-11-12-13-15-17-33(34)42-32-31-41-30-29-40-28-27-39-26-25-38-24-23-37-22-21-36-20-19-35-18-16-14-8-6-4-2/h3-32H2,1-2H3. The van der Waals surface area contributed by atoms with Crippen LogP contribution in [0.2, 0.25) is 0 Å². The zero-order valence-electron chi connectivity index (χ0n) is 27.4. The molecule has 0 rings (SSSR count). The summed E-state index contributed by atoms with van der Waals surface area (Å²) in [7, 11) is 0. The van der Waals surface area contributed by atoms with Gasteiger partial charge in [0.1, 0.15) is 6.61 Å². The van der Waals surface area contributed by atoms with Crippen molar-refractivity contribution < 1.29 is 42.7 Å². The molecule has 0 aromatic carbocycles. The highest BCUT2D eigenvalue weighted by atomic mass is 16.6. The molecule has 9 nitrogen and oxygen atoms in total. The van der Waals surface area contributed by atoms with Crippen LogP contribution in [-0.2, 0) is 42.7 Å². The van der Waals surface area contributed by atoms with E-state index >= 15 is 0 Å². The summed E-state index contributed by atoms with van der Waals surface area (Å²) >= 11 is 0. The minimum atomic E-state index is -0.128. The van der Waals surface area contributed by atoms with E-state index in [0.717, 1.165) is 25.9 Å². The van der Waals surface area contributed by atoms with Gasteiger partial charge in [-0.2, -0.15) is 0 Å². The molecule has 0 aliphatic heterocycles. The molecule has 0 aromatic heterocycles. The first-order chi connectivity index (χ1) is 20.8. The Morgan fingerprint density at radius 2 is 0.619 bits per heavy atom. The van der Waals surface area contributed by atoms with Crippen LogP contribution in [0.5, 0.6) is 0 Å². The summed E-state index contributed by atoms with van der Waals surface area (Å²) in [5.41, 5.74) is 0. The maximum Gasteiger partial charge on any atom is 0.305 e. The maximum absolute atomic E-state index is 11.8. The molecule has 42 heavy (non-hydrogen) atoms. The number of esters is 1. The van der Waals surface area contributed by atoms with Crippen LogP contribution < -0.4 is 0 Å². The smallest absolute Gasteiger partial charge is 0.305 e. The predicted octanol–water partition coefficient (Wildman–Crippen LogP) is 6.54. The van der Waals surface area contributed by atoms with Gasteiger partial charge in [-0.3, -0.25) is 4.79 Å². The molecule has 0 bridgehead atoms. The number of carbonyl (C=O) groups is 1. The zero-order valence-corrected chi connectivity index (χ0v) is 27.4. The van der Waals surface area contributed by atoms with E-state index in [-0.39, 0.29) is 5.97 Å². The Morgan fingerprint density at radius 3 is 1.00 bits per heavy atom. The Kier molecular flexibility index (Phi) is 37.5. The molecular formula is C33H66O9. The van der Waals surface area contributed by atoms with Crippen LogP contribution in [0.25, 0.3) is 0 Å². The molecule has 9 heteroatoms. The minimum absolute atomic E-state index is 0.128. The van der Waals surface area contributed by atoms with Crippen LogP contribution >= 0.6 is 0 Å². The average Bonchev–Trinajstić information content (AvgIpc) is 3.00. The van der Waals surface area contributed by atoms with E-state index in [0.29, 0.717) is 98.9 Å². The highest BCUT2D eigenvalue weighted by molar-refractivity contribution is 5.69. The van der Waals surface area contributed by atoms with Gasteiger partial charge in [0, 0.05) is 13.0 Å². The third-order valence-corrected chi connectivity index (χ3v) is 6.60. The Labute approximate surface area is 257 Å². The van der Waals surface area contributed by atoms with Gasteiger partial charge in [0.2, 0.25) is 0 Å². The van der Waals surface area contributed by atoms with Crippen LogP contribution in [0, 0.1) is 0 Å². The molecule has 0 atom stereocenters. The van der Waals surface area contributed by atoms with Crippen molar-refractivity contribution >= 4 is 5.97 Å². The van der Waals surface area contributed by atoms with Crippen LogP contribution in [0.15, 0.2) is 0 Å². The molecule has 0 aliphatic carbocycles. The van der Waals surface area contributed by atoms with E-state index in [2.05, 4.69) is 13.8 Å². The molecule has 0 aliphatic rings. The molecule has 0 heterocycles. The summed E-state index contributed by atoms with van der Waals surface area (Å²) < 4.78 is 43.6. The Hall–Kier alpha value is -0.810. The van der Waals surface area contributed by atoms with E-state index in [1.54, 1.807) is 0 Å². The van der Waals surface area contributed by atoms with Crippen molar-refractivity contribution in [3.63, 3.8) is 0 Å². The molecule has 0 amide bonds. The van der Waals surface area contributed by atoms with E-state index < -0.39 is 0 Å². The first-order valence-corrected chi connectivity index (χ1v) is 17.0. The lowest BCUT2D eigenvalue weighted by Gasteiger charge is -2.09. The second kappa shape index (κ2) is 38.2. The molecule has 0 spiro atoms. The van der Waals surface area contributed by atoms with Crippen molar-refractivity contribution in [3.8, 4) is 0 Å². The normalized spacial score (nSPS) is 11.4. The van der Waals surface area contributed by atoms with Crippen LogP contribution in [-0.4, -0.2) is 105 Å². The van der Waals surface area contributed by atoms with E-state index in [1.807, 2.05) is 0 Å². The summed E-state index contributed by atoms with van der Waals surface area (Å²) in [5.74, 6) is -0.128. The number of hydrogen-bond acceptors (Lipinski definition) is 9. The lowest BCUT2D eigenvalue weighted by molar-refractivity contribution is -0.145. The van der Waals surface area contributed by atoms with Gasteiger partial charge in [-0.25, -0.2) is 0 Å². The lowest BCUT2D eigenvalue weighted by Crippen LogP contribution is -2.15. The topological polar surface area (TPSA) is 90.9 Å². The van der Waals surface area contributed by atoms with Crippen molar-refractivity contribution in [1.82, 2.24) is 0 Å². The first kappa shape index (κ1) is 41.2. The molecule has 0 aromatic rings. The second-order valence-electron chi connectivity index (χ2n) is 10.5. The van der Waals surface area contributed by atoms with Gasteiger partial charge in [0.05, 0.1) is 85.9 Å². The lowest BCUT2D eigenvalue weighted by atomic mass is 10.1. The minimum Gasteiger partial charge on any atom is -0.463 e. The Balaban J connectivity index is 3.11.